The third kappa shape index (κ3) is 13.6. The third-order valence-electron chi connectivity index (χ3n) is 13.8. The number of ether oxygens (including phenoxy) is 1. The molecule has 7 N–H and O–H groups in total. The molecule has 0 unspecified atom stereocenters. The number of anilines is 2. The Balaban J connectivity index is 0.000000262. The van der Waals surface area contributed by atoms with E-state index in [2.05, 4.69) is 29.6 Å². The van der Waals surface area contributed by atoms with Crippen LogP contribution in [0.15, 0.2) is 97.1 Å². The molecule has 3 saturated heterocycles. The van der Waals surface area contributed by atoms with Gasteiger partial charge in [0.1, 0.15) is 16.8 Å². The summed E-state index contributed by atoms with van der Waals surface area (Å²) in [5.41, 5.74) is 8.81. The lowest BCUT2D eigenvalue weighted by molar-refractivity contribution is -0.131. The van der Waals surface area contributed by atoms with E-state index in [0.717, 1.165) is 49.7 Å². The van der Waals surface area contributed by atoms with Gasteiger partial charge in [0.05, 0.1) is 13.1 Å². The van der Waals surface area contributed by atoms with E-state index in [1.165, 1.54) is 34.8 Å². The molecule has 15 nitrogen and oxygen atoms in total. The second kappa shape index (κ2) is 23.4. The van der Waals surface area contributed by atoms with Gasteiger partial charge in [0, 0.05) is 54.6 Å². The lowest BCUT2D eigenvalue weighted by atomic mass is 9.76. The highest BCUT2D eigenvalue weighted by Crippen LogP contribution is 2.38. The monoisotopic (exact) mass is 1020 g/mol. The van der Waals surface area contributed by atoms with Crippen LogP contribution in [0.3, 0.4) is 0 Å². The molecule has 71 heavy (non-hydrogen) atoms. The second-order valence-corrected chi connectivity index (χ2v) is 20.5. The first kappa shape index (κ1) is 56.5. The van der Waals surface area contributed by atoms with E-state index in [4.69, 9.17) is 10.5 Å². The van der Waals surface area contributed by atoms with Crippen LogP contribution in [0.25, 0.3) is 0 Å². The number of hydrogen-bond acceptors (Lipinski definition) is 11. The maximum absolute atomic E-state index is 13.3. The minimum atomic E-state index is -1.53. The van der Waals surface area contributed by atoms with E-state index in [9.17, 15) is 44.4 Å². The summed E-state index contributed by atoms with van der Waals surface area (Å²) in [6, 6.07) is 30.2. The number of piperidine rings is 1. The molecule has 0 radical (unpaired) electrons. The van der Waals surface area contributed by atoms with Crippen LogP contribution in [0.1, 0.15) is 128 Å². The minimum Gasteiger partial charge on any atom is -0.444 e. The average Bonchev–Trinajstić information content (AvgIpc) is 3.69. The summed E-state index contributed by atoms with van der Waals surface area (Å²) in [7, 11) is 0. The number of rotatable bonds is 10. The second-order valence-electron chi connectivity index (χ2n) is 20.5. The number of Topliss-reactive ketones (excluding diaryl/α,β-unsaturated/α-hetero) is 1. The van der Waals surface area contributed by atoms with Crippen molar-refractivity contribution in [2.45, 2.75) is 127 Å². The van der Waals surface area contributed by atoms with Crippen LogP contribution < -0.4 is 20.9 Å². The van der Waals surface area contributed by atoms with Gasteiger partial charge in [-0.25, -0.2) is 4.79 Å². The van der Waals surface area contributed by atoms with E-state index < -0.39 is 46.9 Å². The SMILES string of the molecule is CC(C)(C)OC(=O)NCc1cccc(C2CCC(C(=O)c3cccc(N4C[C@](C)(O)[C@H](O)C4=O)c3)CC2)c1.C[C@]1(O)CN(c2cccc(C(=O)N3CCC(c4cccc(CN)c4)CC3)c2)C(=O)[C@H]1O.Cl.Cl. The molecule has 1 saturated carbocycles. The fourth-order valence-corrected chi connectivity index (χ4v) is 9.81. The van der Waals surface area contributed by atoms with Crippen molar-refractivity contribution in [1.29, 1.82) is 0 Å². The molecule has 384 valence electrons. The number of alkyl carbamates (subject to hydrolysis) is 1. The van der Waals surface area contributed by atoms with Gasteiger partial charge in [0.25, 0.3) is 17.7 Å². The number of β-amino-alcohol motifs (C(OH)–C–C–N with tert-alkyl or cyclic N) is 2. The van der Waals surface area contributed by atoms with Crippen LogP contribution in [0.2, 0.25) is 0 Å². The predicted octanol–water partition coefficient (Wildman–Crippen LogP) is 6.79. The highest BCUT2D eigenvalue weighted by Gasteiger charge is 2.49. The maximum atomic E-state index is 13.3. The van der Waals surface area contributed by atoms with Crippen LogP contribution in [0.4, 0.5) is 16.2 Å². The van der Waals surface area contributed by atoms with E-state index in [0.29, 0.717) is 60.5 Å². The first-order valence-corrected chi connectivity index (χ1v) is 24.0. The number of nitrogens with zero attached hydrogens (tertiary/aromatic N) is 3. The minimum absolute atomic E-state index is 0. The van der Waals surface area contributed by atoms with Crippen molar-refractivity contribution in [3.63, 3.8) is 0 Å². The van der Waals surface area contributed by atoms with Gasteiger partial charge in [-0.15, -0.1) is 24.8 Å². The van der Waals surface area contributed by atoms with Crippen molar-refractivity contribution in [3.05, 3.63) is 130 Å². The zero-order valence-electron chi connectivity index (χ0n) is 41.1. The number of halogens is 2. The van der Waals surface area contributed by atoms with Crippen molar-refractivity contribution in [1.82, 2.24) is 10.2 Å². The molecule has 4 atom stereocenters. The highest BCUT2D eigenvalue weighted by atomic mass is 35.5. The molecule has 4 fully saturated rings. The standard InChI is InChI=1S/C30H38N2O6.C24H29N3O4.2ClH/c1-29(2,3)38-28(36)31-17-19-7-5-8-22(15-19)20-11-13-21(14-12-20)25(33)23-9-6-10-24(16-23)32-18-30(4,37)26(34)27(32)35;1-24(31)15-27(23(30)21(24)28)20-7-3-6-19(13-20)22(29)26-10-8-17(9-11-26)18-5-2-4-16(12-18)14-25;;/h5-10,15-16,20-21,26,34,37H,11-14,17-18H2,1-4H3,(H,31,36);2-7,12-13,17,21,28,31H,8-11,14-15,25H2,1H3;2*1H/t20?,21?,26-,30+;21-,24+;;/m11../s1. The van der Waals surface area contributed by atoms with Crippen molar-refractivity contribution >= 4 is 65.8 Å². The Morgan fingerprint density at radius 1 is 0.676 bits per heavy atom. The van der Waals surface area contributed by atoms with Gasteiger partial charge >= 0.3 is 6.09 Å². The van der Waals surface area contributed by atoms with E-state index in [1.54, 1.807) is 48.5 Å². The molecular formula is C54H69Cl2N5O10. The topological polar surface area (TPSA) is 223 Å². The predicted molar refractivity (Wildman–Crippen MR) is 276 cm³/mol. The fraction of sp³-hybridized carbons (Fsp3) is 0.463. The number of nitrogens with one attached hydrogen (secondary N) is 1. The van der Waals surface area contributed by atoms with Gasteiger partial charge < -0.3 is 50.9 Å². The van der Waals surface area contributed by atoms with Crippen LogP contribution in [-0.4, -0.2) is 110 Å². The Morgan fingerprint density at radius 3 is 1.63 bits per heavy atom. The van der Waals surface area contributed by atoms with Gasteiger partial charge in [-0.1, -0.05) is 66.7 Å². The van der Waals surface area contributed by atoms with Gasteiger partial charge in [-0.3, -0.25) is 19.2 Å². The Morgan fingerprint density at radius 2 is 1.14 bits per heavy atom. The van der Waals surface area contributed by atoms with Crippen molar-refractivity contribution in [2.75, 3.05) is 36.0 Å². The molecule has 4 aliphatic rings. The summed E-state index contributed by atoms with van der Waals surface area (Å²) in [5, 5.41) is 43.3. The number of carbonyl (C=O) groups excluding carboxylic acids is 5. The Hall–Kier alpha value is -5.39. The first-order valence-electron chi connectivity index (χ1n) is 24.0. The summed E-state index contributed by atoms with van der Waals surface area (Å²) in [6.45, 7) is 10.5. The van der Waals surface area contributed by atoms with Gasteiger partial charge in [-0.2, -0.15) is 0 Å². The first-order chi connectivity index (χ1) is 32.6. The molecule has 4 aromatic rings. The zero-order chi connectivity index (χ0) is 49.8. The number of aliphatic hydroxyl groups is 4. The van der Waals surface area contributed by atoms with E-state index in [-0.39, 0.29) is 55.5 Å². The molecule has 17 heteroatoms. The Kier molecular flexibility index (Phi) is 18.7. The molecule has 0 aromatic heterocycles. The maximum Gasteiger partial charge on any atom is 0.407 e. The molecule has 0 spiro atoms. The van der Waals surface area contributed by atoms with Crippen LogP contribution >= 0.6 is 24.8 Å². The number of nitrogens with two attached hydrogens (primary N) is 1. The third-order valence-corrected chi connectivity index (χ3v) is 13.8. The number of likely N-dealkylation sites (tertiary alicyclic amines) is 1. The van der Waals surface area contributed by atoms with Gasteiger partial charge in [0.2, 0.25) is 0 Å². The Labute approximate surface area is 428 Å². The average molecular weight is 1020 g/mol. The lowest BCUT2D eigenvalue weighted by Crippen LogP contribution is -2.39. The number of ketones is 1. The molecule has 0 bridgehead atoms. The molecule has 8 rings (SSSR count). The molecule has 3 heterocycles. The zero-order valence-corrected chi connectivity index (χ0v) is 42.7. The number of benzene rings is 4. The fourth-order valence-electron chi connectivity index (χ4n) is 9.81. The van der Waals surface area contributed by atoms with Crippen LogP contribution in [-0.2, 0) is 27.4 Å². The molecule has 1 aliphatic carbocycles. The smallest absolute Gasteiger partial charge is 0.407 e. The molecular weight excluding hydrogens is 950 g/mol. The van der Waals surface area contributed by atoms with E-state index in [1.807, 2.05) is 49.9 Å². The van der Waals surface area contributed by atoms with Crippen LogP contribution in [0, 0.1) is 5.92 Å². The van der Waals surface area contributed by atoms with Crippen molar-refractivity contribution in [3.8, 4) is 0 Å². The Bertz CT molecular complexity index is 2530. The van der Waals surface area contributed by atoms with E-state index >= 15 is 0 Å². The molecule has 3 aliphatic heterocycles. The lowest BCUT2D eigenvalue weighted by Gasteiger charge is -2.32. The number of hydrogen-bond donors (Lipinski definition) is 6. The number of carbonyl (C=O) groups is 5. The summed E-state index contributed by atoms with van der Waals surface area (Å²) in [4.78, 5) is 67.7. The quantitative estimate of drug-likeness (QED) is 0.0908. The summed E-state index contributed by atoms with van der Waals surface area (Å²) in [5.74, 6) is -0.486. The number of aliphatic hydroxyl groups excluding tert-OH is 2. The molecule has 4 amide bonds. The van der Waals surface area contributed by atoms with Gasteiger partial charge in [0.15, 0.2) is 18.0 Å². The summed E-state index contributed by atoms with van der Waals surface area (Å²) >= 11 is 0. The normalized spacial score (nSPS) is 24.6. The van der Waals surface area contributed by atoms with Crippen LogP contribution in [0.5, 0.6) is 0 Å². The van der Waals surface area contributed by atoms with Crippen molar-refractivity contribution < 1.29 is 49.1 Å². The molecule has 4 aromatic carbocycles. The highest BCUT2D eigenvalue weighted by molar-refractivity contribution is 6.03. The largest absolute Gasteiger partial charge is 0.444 e. The summed E-state index contributed by atoms with van der Waals surface area (Å²) in [6.07, 6.45) is 1.69. The summed E-state index contributed by atoms with van der Waals surface area (Å²) < 4.78 is 5.31. The van der Waals surface area contributed by atoms with Crippen molar-refractivity contribution in [2.24, 2.45) is 11.7 Å². The number of amides is 4. The van der Waals surface area contributed by atoms with Gasteiger partial charge in [-0.05, 0) is 138 Å².